The van der Waals surface area contributed by atoms with E-state index in [0.717, 1.165) is 0 Å². The van der Waals surface area contributed by atoms with Gasteiger partial charge in [0.15, 0.2) is 0 Å². The largest absolute Gasteiger partial charge is 0.0622 e. The van der Waals surface area contributed by atoms with Gasteiger partial charge in [-0.3, -0.25) is 0 Å². The Morgan fingerprint density at radius 2 is 1.19 bits per heavy atom. The van der Waals surface area contributed by atoms with Crippen LogP contribution >= 0.6 is 0 Å². The van der Waals surface area contributed by atoms with Crippen molar-refractivity contribution in [2.75, 3.05) is 0 Å². The number of aryl methyl sites for hydroxylation is 1. The van der Waals surface area contributed by atoms with Crippen LogP contribution in [0.15, 0.2) is 78.9 Å². The Hall–Kier alpha value is -2.60. The van der Waals surface area contributed by atoms with E-state index in [2.05, 4.69) is 85.8 Å². The molecule has 0 heteroatoms. The van der Waals surface area contributed by atoms with Crippen molar-refractivity contribution in [2.24, 2.45) is 0 Å². The molecule has 0 spiro atoms. The van der Waals surface area contributed by atoms with Crippen molar-refractivity contribution in [1.29, 1.82) is 0 Å². The Bertz CT molecular complexity index is 934. The van der Waals surface area contributed by atoms with Crippen molar-refractivity contribution in [3.8, 4) is 11.1 Å². The zero-order valence-electron chi connectivity index (χ0n) is 12.0. The fourth-order valence-electron chi connectivity index (χ4n) is 3.04. The summed E-state index contributed by atoms with van der Waals surface area (Å²) in [5.41, 5.74) is 3.89. The number of hydrogen-bond acceptors (Lipinski definition) is 0. The van der Waals surface area contributed by atoms with Gasteiger partial charge in [0, 0.05) is 0 Å². The van der Waals surface area contributed by atoms with Crippen LogP contribution in [-0.4, -0.2) is 0 Å². The lowest BCUT2D eigenvalue weighted by molar-refractivity contribution is 1.52. The highest BCUT2D eigenvalue weighted by Crippen LogP contribution is 2.30. The van der Waals surface area contributed by atoms with E-state index in [-0.39, 0.29) is 0 Å². The van der Waals surface area contributed by atoms with Crippen LogP contribution in [0.1, 0.15) is 5.56 Å². The summed E-state index contributed by atoms with van der Waals surface area (Å²) in [6, 6.07) is 28.3. The maximum absolute atomic E-state index is 2.30. The highest BCUT2D eigenvalue weighted by molar-refractivity contribution is 6.01. The second kappa shape index (κ2) is 4.75. The van der Waals surface area contributed by atoms with Crippen molar-refractivity contribution in [3.63, 3.8) is 0 Å². The summed E-state index contributed by atoms with van der Waals surface area (Å²) in [6.07, 6.45) is 0. The van der Waals surface area contributed by atoms with E-state index in [0.29, 0.717) is 0 Å². The van der Waals surface area contributed by atoms with Crippen molar-refractivity contribution in [3.05, 3.63) is 84.4 Å². The molecule has 0 amide bonds. The predicted octanol–water partition coefficient (Wildman–Crippen LogP) is 5.97. The van der Waals surface area contributed by atoms with Gasteiger partial charge in [0.05, 0.1) is 0 Å². The maximum Gasteiger partial charge on any atom is -0.0148 e. The Morgan fingerprint density at radius 1 is 0.524 bits per heavy atom. The van der Waals surface area contributed by atoms with Crippen LogP contribution in [0.4, 0.5) is 0 Å². The molecule has 0 saturated heterocycles. The first-order valence-corrected chi connectivity index (χ1v) is 7.30. The molecular weight excluding hydrogens is 252 g/mol. The van der Waals surface area contributed by atoms with Gasteiger partial charge in [-0.25, -0.2) is 0 Å². The van der Waals surface area contributed by atoms with Crippen LogP contribution in [0.2, 0.25) is 0 Å². The number of fused-ring (bicyclic) bond motifs is 2. The Morgan fingerprint density at radius 3 is 1.95 bits per heavy atom. The lowest BCUT2D eigenvalue weighted by atomic mass is 9.95. The fourth-order valence-corrected chi connectivity index (χ4v) is 3.04. The van der Waals surface area contributed by atoms with Gasteiger partial charge in [0.2, 0.25) is 0 Å². The Balaban J connectivity index is 2.03. The van der Waals surface area contributed by atoms with E-state index < -0.39 is 0 Å². The monoisotopic (exact) mass is 268 g/mol. The van der Waals surface area contributed by atoms with E-state index >= 15 is 0 Å². The van der Waals surface area contributed by atoms with E-state index in [1.165, 1.54) is 38.2 Å². The second-order valence-electron chi connectivity index (χ2n) is 5.58. The van der Waals surface area contributed by atoms with E-state index in [9.17, 15) is 0 Å². The molecule has 0 nitrogen and oxygen atoms in total. The molecule has 0 aliphatic carbocycles. The summed E-state index contributed by atoms with van der Waals surface area (Å²) in [4.78, 5) is 0. The maximum atomic E-state index is 2.30. The molecule has 0 fully saturated rings. The molecule has 4 aromatic carbocycles. The SMILES string of the molecule is Cc1cc(-c2ccccc2)cc2cc3ccccc3cc12. The van der Waals surface area contributed by atoms with E-state index in [1.54, 1.807) is 0 Å². The molecule has 0 saturated carbocycles. The molecule has 0 atom stereocenters. The van der Waals surface area contributed by atoms with Gasteiger partial charge in [0.1, 0.15) is 0 Å². The lowest BCUT2D eigenvalue weighted by Gasteiger charge is -2.09. The summed E-state index contributed by atoms with van der Waals surface area (Å²) in [5.74, 6) is 0. The lowest BCUT2D eigenvalue weighted by Crippen LogP contribution is -1.84. The molecular formula is C21H16. The van der Waals surface area contributed by atoms with Crippen LogP contribution in [0.25, 0.3) is 32.7 Å². The molecule has 0 unspecified atom stereocenters. The molecule has 100 valence electrons. The number of rotatable bonds is 1. The van der Waals surface area contributed by atoms with Gasteiger partial charge in [-0.05, 0) is 63.4 Å². The van der Waals surface area contributed by atoms with Gasteiger partial charge in [-0.15, -0.1) is 0 Å². The second-order valence-corrected chi connectivity index (χ2v) is 5.58. The minimum atomic E-state index is 1.27. The quantitative estimate of drug-likeness (QED) is 0.373. The van der Waals surface area contributed by atoms with Crippen LogP contribution in [0, 0.1) is 6.92 Å². The molecule has 0 radical (unpaired) electrons. The van der Waals surface area contributed by atoms with Crippen LogP contribution in [0.5, 0.6) is 0 Å². The van der Waals surface area contributed by atoms with E-state index in [1.807, 2.05) is 0 Å². The third-order valence-corrected chi connectivity index (χ3v) is 4.13. The van der Waals surface area contributed by atoms with Gasteiger partial charge in [0.25, 0.3) is 0 Å². The Labute approximate surface area is 124 Å². The zero-order chi connectivity index (χ0) is 14.2. The van der Waals surface area contributed by atoms with E-state index in [4.69, 9.17) is 0 Å². The van der Waals surface area contributed by atoms with Crippen LogP contribution in [-0.2, 0) is 0 Å². The zero-order valence-corrected chi connectivity index (χ0v) is 12.0. The molecule has 4 rings (SSSR count). The minimum absolute atomic E-state index is 1.27. The molecule has 0 aliphatic heterocycles. The summed E-state index contributed by atoms with van der Waals surface area (Å²) < 4.78 is 0. The fraction of sp³-hybridized carbons (Fsp3) is 0.0476. The number of hydrogen-bond donors (Lipinski definition) is 0. The van der Waals surface area contributed by atoms with Gasteiger partial charge < -0.3 is 0 Å². The first-order chi connectivity index (χ1) is 10.3. The highest BCUT2D eigenvalue weighted by Gasteiger charge is 2.04. The molecule has 0 bridgehead atoms. The van der Waals surface area contributed by atoms with Crippen molar-refractivity contribution in [1.82, 2.24) is 0 Å². The summed E-state index contributed by atoms with van der Waals surface area (Å²) >= 11 is 0. The average Bonchev–Trinajstić information content (AvgIpc) is 2.54. The molecule has 0 heterocycles. The summed E-state index contributed by atoms with van der Waals surface area (Å²) in [6.45, 7) is 2.20. The van der Waals surface area contributed by atoms with Gasteiger partial charge in [-0.1, -0.05) is 60.7 Å². The van der Waals surface area contributed by atoms with Gasteiger partial charge in [-0.2, -0.15) is 0 Å². The first-order valence-electron chi connectivity index (χ1n) is 7.30. The molecule has 0 aromatic heterocycles. The van der Waals surface area contributed by atoms with Crippen LogP contribution < -0.4 is 0 Å². The minimum Gasteiger partial charge on any atom is -0.0622 e. The average molecular weight is 268 g/mol. The summed E-state index contributed by atoms with van der Waals surface area (Å²) in [7, 11) is 0. The third-order valence-electron chi connectivity index (χ3n) is 4.13. The molecule has 0 aliphatic rings. The normalized spacial score (nSPS) is 11.1. The summed E-state index contributed by atoms with van der Waals surface area (Å²) in [5, 5.41) is 5.26. The molecule has 4 aromatic rings. The Kier molecular flexibility index (Phi) is 2.75. The highest BCUT2D eigenvalue weighted by atomic mass is 14.1. The van der Waals surface area contributed by atoms with Crippen molar-refractivity contribution in [2.45, 2.75) is 6.92 Å². The third kappa shape index (κ3) is 2.09. The molecule has 0 N–H and O–H groups in total. The topological polar surface area (TPSA) is 0 Å². The standard InChI is InChI=1S/C21H16/c1-15-11-19(16-7-3-2-4-8-16)13-20-12-17-9-5-6-10-18(17)14-21(15)20/h2-14H,1H3. The van der Waals surface area contributed by atoms with Crippen molar-refractivity contribution < 1.29 is 0 Å². The number of benzene rings is 4. The van der Waals surface area contributed by atoms with Crippen molar-refractivity contribution >= 4 is 21.5 Å². The first kappa shape index (κ1) is 12.2. The molecule has 21 heavy (non-hydrogen) atoms. The predicted molar refractivity (Wildman–Crippen MR) is 91.6 cm³/mol. The smallest absolute Gasteiger partial charge is 0.0148 e. The van der Waals surface area contributed by atoms with Gasteiger partial charge >= 0.3 is 0 Å². The van der Waals surface area contributed by atoms with Crippen LogP contribution in [0.3, 0.4) is 0 Å².